The summed E-state index contributed by atoms with van der Waals surface area (Å²) < 4.78 is 28.0. The van der Waals surface area contributed by atoms with E-state index >= 15 is 0 Å². The van der Waals surface area contributed by atoms with E-state index in [1.54, 1.807) is 6.92 Å². The van der Waals surface area contributed by atoms with E-state index in [0.717, 1.165) is 21.7 Å². The minimum atomic E-state index is -0.631. The van der Waals surface area contributed by atoms with Crippen LogP contribution in [0.25, 0.3) is 0 Å². The van der Waals surface area contributed by atoms with Crippen LogP contribution in [-0.2, 0) is 0 Å². The Kier molecular flexibility index (Phi) is 4.02. The highest BCUT2D eigenvalue weighted by molar-refractivity contribution is 9.10. The van der Waals surface area contributed by atoms with E-state index in [1.165, 1.54) is 6.07 Å². The first-order valence-electron chi connectivity index (χ1n) is 5.88. The lowest BCUT2D eigenvalue weighted by molar-refractivity contribution is 0.560. The summed E-state index contributed by atoms with van der Waals surface area (Å²) >= 11 is 3.46. The van der Waals surface area contributed by atoms with Gasteiger partial charge in [-0.25, -0.2) is 8.78 Å². The quantitative estimate of drug-likeness (QED) is 0.870. The molecule has 0 fully saturated rings. The monoisotopic (exact) mass is 325 g/mol. The molecular weight excluding hydrogens is 312 g/mol. The van der Waals surface area contributed by atoms with Gasteiger partial charge in [0.05, 0.1) is 6.04 Å². The summed E-state index contributed by atoms with van der Waals surface area (Å²) in [7, 11) is 0. The van der Waals surface area contributed by atoms with Gasteiger partial charge in [0.2, 0.25) is 0 Å². The lowest BCUT2D eigenvalue weighted by Crippen LogP contribution is -2.15. The fraction of sp³-hybridized carbons (Fsp3) is 0.200. The third-order valence-electron chi connectivity index (χ3n) is 3.17. The van der Waals surface area contributed by atoms with Gasteiger partial charge < -0.3 is 5.73 Å². The van der Waals surface area contributed by atoms with Gasteiger partial charge in [0.15, 0.2) is 0 Å². The van der Waals surface area contributed by atoms with Crippen LogP contribution in [0.3, 0.4) is 0 Å². The van der Waals surface area contributed by atoms with E-state index in [0.29, 0.717) is 11.1 Å². The smallest absolute Gasteiger partial charge is 0.131 e. The lowest BCUT2D eigenvalue weighted by atomic mass is 9.96. The topological polar surface area (TPSA) is 26.0 Å². The maximum Gasteiger partial charge on any atom is 0.131 e. The van der Waals surface area contributed by atoms with Gasteiger partial charge in [-0.2, -0.15) is 0 Å². The molecule has 1 atom stereocenters. The van der Waals surface area contributed by atoms with Crippen LogP contribution < -0.4 is 5.73 Å². The molecular formula is C15H14BrF2N. The number of nitrogens with two attached hydrogens (primary N) is 1. The molecule has 0 aliphatic heterocycles. The van der Waals surface area contributed by atoms with Crippen LogP contribution in [0.1, 0.15) is 28.3 Å². The maximum atomic E-state index is 13.9. The van der Waals surface area contributed by atoms with E-state index in [-0.39, 0.29) is 0 Å². The second kappa shape index (κ2) is 5.39. The van der Waals surface area contributed by atoms with Crippen molar-refractivity contribution >= 4 is 15.9 Å². The molecule has 2 rings (SSSR count). The van der Waals surface area contributed by atoms with E-state index in [4.69, 9.17) is 5.73 Å². The van der Waals surface area contributed by atoms with Crippen LogP contribution in [0.5, 0.6) is 0 Å². The summed E-state index contributed by atoms with van der Waals surface area (Å²) in [6, 6.07) is 7.35. The van der Waals surface area contributed by atoms with E-state index < -0.39 is 17.7 Å². The fourth-order valence-electron chi connectivity index (χ4n) is 2.00. The third kappa shape index (κ3) is 2.69. The molecule has 19 heavy (non-hydrogen) atoms. The van der Waals surface area contributed by atoms with Crippen LogP contribution in [0.2, 0.25) is 0 Å². The van der Waals surface area contributed by atoms with Crippen molar-refractivity contribution in [2.24, 2.45) is 5.73 Å². The van der Waals surface area contributed by atoms with Crippen molar-refractivity contribution < 1.29 is 8.78 Å². The van der Waals surface area contributed by atoms with Crippen molar-refractivity contribution in [2.45, 2.75) is 19.9 Å². The molecule has 0 radical (unpaired) electrons. The van der Waals surface area contributed by atoms with Crippen LogP contribution in [0.15, 0.2) is 34.8 Å². The van der Waals surface area contributed by atoms with Crippen molar-refractivity contribution in [3.05, 3.63) is 68.7 Å². The zero-order valence-corrected chi connectivity index (χ0v) is 12.3. The second-order valence-electron chi connectivity index (χ2n) is 4.58. The maximum absolute atomic E-state index is 13.9. The summed E-state index contributed by atoms with van der Waals surface area (Å²) in [5.74, 6) is -1.18. The fourth-order valence-corrected chi connectivity index (χ4v) is 2.51. The first-order valence-corrected chi connectivity index (χ1v) is 6.67. The summed E-state index contributed by atoms with van der Waals surface area (Å²) in [6.07, 6.45) is 0. The molecule has 0 amide bonds. The number of hydrogen-bond acceptors (Lipinski definition) is 1. The number of rotatable bonds is 2. The van der Waals surface area contributed by atoms with Crippen LogP contribution in [0, 0.1) is 25.5 Å². The number of aryl methyl sites for hydroxylation is 2. The molecule has 1 unspecified atom stereocenters. The standard InChI is InChI=1S/C15H14BrF2N/c1-8-4-3-5-10(14(8)16)15(19)11-6-9(2)12(17)7-13(11)18/h3-7,15H,19H2,1-2H3. The first-order chi connectivity index (χ1) is 8.91. The summed E-state index contributed by atoms with van der Waals surface area (Å²) in [4.78, 5) is 0. The zero-order chi connectivity index (χ0) is 14.2. The van der Waals surface area contributed by atoms with Gasteiger partial charge in [0.25, 0.3) is 0 Å². The Balaban J connectivity index is 2.53. The van der Waals surface area contributed by atoms with Crippen molar-refractivity contribution in [2.75, 3.05) is 0 Å². The predicted octanol–water partition coefficient (Wildman–Crippen LogP) is 4.39. The highest BCUT2D eigenvalue weighted by atomic mass is 79.9. The normalized spacial score (nSPS) is 12.5. The molecule has 0 saturated heterocycles. The summed E-state index contributed by atoms with van der Waals surface area (Å²) in [5, 5.41) is 0. The van der Waals surface area contributed by atoms with Gasteiger partial charge in [-0.1, -0.05) is 34.1 Å². The molecule has 0 saturated carbocycles. The van der Waals surface area contributed by atoms with Gasteiger partial charge in [-0.15, -0.1) is 0 Å². The van der Waals surface area contributed by atoms with E-state index in [1.807, 2.05) is 25.1 Å². The SMILES string of the molecule is Cc1cc(C(N)c2cccc(C)c2Br)c(F)cc1F. The number of benzene rings is 2. The Morgan fingerprint density at radius 2 is 1.68 bits per heavy atom. The molecule has 2 N–H and O–H groups in total. The van der Waals surface area contributed by atoms with Crippen molar-refractivity contribution in [3.8, 4) is 0 Å². The average Bonchev–Trinajstić information content (AvgIpc) is 2.36. The molecule has 0 aliphatic carbocycles. The Hall–Kier alpha value is -1.26. The van der Waals surface area contributed by atoms with Gasteiger partial charge in [0.1, 0.15) is 11.6 Å². The molecule has 0 heterocycles. The summed E-state index contributed by atoms with van der Waals surface area (Å²) in [6.45, 7) is 3.53. The van der Waals surface area contributed by atoms with Crippen LogP contribution >= 0.6 is 15.9 Å². The highest BCUT2D eigenvalue weighted by Gasteiger charge is 2.18. The Bertz CT molecular complexity index is 626. The van der Waals surface area contributed by atoms with Crippen molar-refractivity contribution in [3.63, 3.8) is 0 Å². The van der Waals surface area contributed by atoms with Crippen LogP contribution in [0.4, 0.5) is 8.78 Å². The molecule has 0 aliphatic rings. The van der Waals surface area contributed by atoms with Crippen molar-refractivity contribution in [1.82, 2.24) is 0 Å². The zero-order valence-electron chi connectivity index (χ0n) is 10.7. The Labute approximate surface area is 119 Å². The van der Waals surface area contributed by atoms with E-state index in [9.17, 15) is 8.78 Å². The minimum Gasteiger partial charge on any atom is -0.320 e. The largest absolute Gasteiger partial charge is 0.320 e. The minimum absolute atomic E-state index is 0.296. The van der Waals surface area contributed by atoms with Gasteiger partial charge in [-0.05, 0) is 36.6 Å². The Morgan fingerprint density at radius 1 is 1.00 bits per heavy atom. The number of halogens is 3. The lowest BCUT2D eigenvalue weighted by Gasteiger charge is -2.17. The van der Waals surface area contributed by atoms with Gasteiger partial charge in [-0.3, -0.25) is 0 Å². The van der Waals surface area contributed by atoms with E-state index in [2.05, 4.69) is 15.9 Å². The number of hydrogen-bond donors (Lipinski definition) is 1. The molecule has 100 valence electrons. The van der Waals surface area contributed by atoms with Crippen LogP contribution in [-0.4, -0.2) is 0 Å². The molecule has 4 heteroatoms. The molecule has 0 bridgehead atoms. The summed E-state index contributed by atoms with van der Waals surface area (Å²) in [5.41, 5.74) is 8.60. The molecule has 1 nitrogen and oxygen atoms in total. The third-order valence-corrected chi connectivity index (χ3v) is 4.25. The average molecular weight is 326 g/mol. The molecule has 2 aromatic carbocycles. The van der Waals surface area contributed by atoms with Crippen molar-refractivity contribution in [1.29, 1.82) is 0 Å². The molecule has 2 aromatic rings. The van der Waals surface area contributed by atoms with Gasteiger partial charge >= 0.3 is 0 Å². The molecule has 0 aromatic heterocycles. The molecule has 0 spiro atoms. The van der Waals surface area contributed by atoms with Gasteiger partial charge in [0, 0.05) is 16.1 Å². The second-order valence-corrected chi connectivity index (χ2v) is 5.37. The predicted molar refractivity (Wildman–Crippen MR) is 76.0 cm³/mol. The highest BCUT2D eigenvalue weighted by Crippen LogP contribution is 2.31. The Morgan fingerprint density at radius 3 is 2.37 bits per heavy atom. The first kappa shape index (κ1) is 14.2.